The number of carbonyl (C=O) groups is 2. The second-order valence-corrected chi connectivity index (χ2v) is 9.47. The van der Waals surface area contributed by atoms with Crippen LogP contribution in [-0.4, -0.2) is 56.3 Å². The van der Waals surface area contributed by atoms with Gasteiger partial charge in [0.2, 0.25) is 18.6 Å². The molecule has 198 valence electrons. The van der Waals surface area contributed by atoms with Crippen LogP contribution in [0.15, 0.2) is 61.4 Å². The fourth-order valence-electron chi connectivity index (χ4n) is 5.18. The average molecular weight is 526 g/mol. The molecule has 2 aromatic carbocycles. The maximum atomic E-state index is 12.7. The third-order valence-electron chi connectivity index (χ3n) is 7.00. The van der Waals surface area contributed by atoms with Gasteiger partial charge in [0.15, 0.2) is 17.1 Å². The van der Waals surface area contributed by atoms with E-state index in [0.29, 0.717) is 52.6 Å². The van der Waals surface area contributed by atoms with Crippen molar-refractivity contribution in [2.24, 2.45) is 0 Å². The van der Waals surface area contributed by atoms with Crippen LogP contribution in [0.2, 0.25) is 0 Å². The van der Waals surface area contributed by atoms with Crippen LogP contribution in [0.3, 0.4) is 0 Å². The number of nitrogens with zero attached hydrogens (tertiary/aromatic N) is 5. The third-order valence-corrected chi connectivity index (χ3v) is 7.00. The predicted octanol–water partition coefficient (Wildman–Crippen LogP) is 3.33. The normalized spacial score (nSPS) is 16.3. The zero-order valence-electron chi connectivity index (χ0n) is 21.2. The van der Waals surface area contributed by atoms with Crippen LogP contribution in [0.5, 0.6) is 11.5 Å². The maximum Gasteiger partial charge on any atom is 0.246 e. The number of likely N-dealkylation sites (tertiary alicyclic amines) is 1. The number of ether oxygens (including phenoxy) is 2. The molecule has 3 N–H and O–H groups in total. The summed E-state index contributed by atoms with van der Waals surface area (Å²) >= 11 is 0. The van der Waals surface area contributed by atoms with Crippen LogP contribution in [0.4, 0.5) is 11.5 Å². The first-order valence-electron chi connectivity index (χ1n) is 12.7. The molecular weight excluding hydrogens is 498 g/mol. The van der Waals surface area contributed by atoms with Gasteiger partial charge in [0.05, 0.1) is 23.5 Å². The fourth-order valence-corrected chi connectivity index (χ4v) is 5.18. The van der Waals surface area contributed by atoms with Crippen LogP contribution in [0.25, 0.3) is 22.3 Å². The highest BCUT2D eigenvalue weighted by atomic mass is 16.7. The quantitative estimate of drug-likeness (QED) is 0.366. The number of anilines is 2. The number of piperidine rings is 1. The van der Waals surface area contributed by atoms with E-state index < -0.39 is 0 Å². The Bertz CT molecular complexity index is 1580. The van der Waals surface area contributed by atoms with E-state index >= 15 is 0 Å². The van der Waals surface area contributed by atoms with Crippen LogP contribution in [-0.2, 0) is 16.0 Å². The van der Waals surface area contributed by atoms with Gasteiger partial charge in [0.25, 0.3) is 0 Å². The number of nitrogens with two attached hydrogens (primary N) is 1. The molecule has 4 heterocycles. The maximum absolute atomic E-state index is 12.7. The van der Waals surface area contributed by atoms with E-state index in [2.05, 4.69) is 21.9 Å². The number of hydrogen-bond acceptors (Lipinski definition) is 8. The van der Waals surface area contributed by atoms with Crippen molar-refractivity contribution in [1.82, 2.24) is 24.6 Å². The van der Waals surface area contributed by atoms with Crippen molar-refractivity contribution in [3.8, 4) is 22.8 Å². The van der Waals surface area contributed by atoms with Crippen LogP contribution < -0.4 is 20.5 Å². The van der Waals surface area contributed by atoms with Gasteiger partial charge in [-0.25, -0.2) is 14.6 Å². The molecule has 0 spiro atoms. The van der Waals surface area contributed by atoms with E-state index in [0.717, 1.165) is 18.4 Å². The van der Waals surface area contributed by atoms with E-state index in [4.69, 9.17) is 20.3 Å². The molecule has 0 aliphatic carbocycles. The number of fused-ring (bicyclic) bond motifs is 2. The summed E-state index contributed by atoms with van der Waals surface area (Å²) in [5.41, 5.74) is 9.51. The summed E-state index contributed by atoms with van der Waals surface area (Å²) < 4.78 is 13.5. The molecule has 6 rings (SSSR count). The molecule has 1 saturated heterocycles. The van der Waals surface area contributed by atoms with Gasteiger partial charge in [0, 0.05) is 18.7 Å². The van der Waals surface area contributed by atoms with Gasteiger partial charge in [-0.05, 0) is 36.6 Å². The van der Waals surface area contributed by atoms with Crippen LogP contribution >= 0.6 is 0 Å². The first-order valence-corrected chi connectivity index (χ1v) is 12.7. The highest BCUT2D eigenvalue weighted by molar-refractivity contribution is 6.01. The SMILES string of the molecule is C=CC(=O)N1CCC[C@@H](n2nc(-c3ccc(NC(=O)Cc4ccccc4)c4c3OCO4)c3c(N)ncnc32)C1. The van der Waals surface area contributed by atoms with Gasteiger partial charge in [-0.1, -0.05) is 36.9 Å². The molecule has 0 bridgehead atoms. The van der Waals surface area contributed by atoms with Crippen molar-refractivity contribution < 1.29 is 19.1 Å². The molecule has 39 heavy (non-hydrogen) atoms. The highest BCUT2D eigenvalue weighted by Crippen LogP contribution is 2.48. The van der Waals surface area contributed by atoms with Gasteiger partial charge >= 0.3 is 0 Å². The second kappa shape index (κ2) is 10.1. The van der Waals surface area contributed by atoms with Gasteiger partial charge in [-0.3, -0.25) is 9.59 Å². The summed E-state index contributed by atoms with van der Waals surface area (Å²) in [6, 6.07) is 13.0. The summed E-state index contributed by atoms with van der Waals surface area (Å²) in [4.78, 5) is 35.5. The van der Waals surface area contributed by atoms with E-state index in [9.17, 15) is 9.59 Å². The lowest BCUT2D eigenvalue weighted by Crippen LogP contribution is -2.40. The Morgan fingerprint density at radius 2 is 1.95 bits per heavy atom. The molecule has 2 amide bonds. The smallest absolute Gasteiger partial charge is 0.246 e. The van der Waals surface area contributed by atoms with Gasteiger partial charge in [-0.2, -0.15) is 5.10 Å². The Morgan fingerprint density at radius 3 is 2.77 bits per heavy atom. The molecule has 11 heteroatoms. The fraction of sp³-hybridized carbons (Fsp3) is 0.250. The number of nitrogen functional groups attached to an aromatic ring is 1. The Balaban J connectivity index is 1.37. The lowest BCUT2D eigenvalue weighted by molar-refractivity contribution is -0.127. The van der Waals surface area contributed by atoms with Crippen LogP contribution in [0.1, 0.15) is 24.4 Å². The highest BCUT2D eigenvalue weighted by Gasteiger charge is 2.31. The number of nitrogens with one attached hydrogen (secondary N) is 1. The van der Waals surface area contributed by atoms with Gasteiger partial charge in [-0.15, -0.1) is 0 Å². The zero-order valence-corrected chi connectivity index (χ0v) is 21.2. The molecule has 4 aromatic rings. The van der Waals surface area contributed by atoms with Crippen molar-refractivity contribution in [3.05, 3.63) is 67.0 Å². The van der Waals surface area contributed by atoms with E-state index in [1.54, 1.807) is 11.0 Å². The number of rotatable bonds is 6. The van der Waals surface area contributed by atoms with E-state index in [1.807, 2.05) is 41.1 Å². The number of benzene rings is 2. The molecule has 2 aliphatic rings. The summed E-state index contributed by atoms with van der Waals surface area (Å²) in [5.74, 6) is 0.875. The molecule has 2 aliphatic heterocycles. The molecule has 0 saturated carbocycles. The Labute approximate surface area is 224 Å². The van der Waals surface area contributed by atoms with Crippen molar-refractivity contribution in [2.75, 3.05) is 30.9 Å². The second-order valence-electron chi connectivity index (χ2n) is 9.47. The number of carbonyl (C=O) groups excluding carboxylic acids is 2. The average Bonchev–Trinajstić information content (AvgIpc) is 3.60. The summed E-state index contributed by atoms with van der Waals surface area (Å²) in [6.45, 7) is 4.76. The topological polar surface area (TPSA) is 137 Å². The van der Waals surface area contributed by atoms with E-state index in [-0.39, 0.29) is 36.9 Å². The minimum atomic E-state index is -0.171. The number of hydrogen-bond donors (Lipinski definition) is 2. The number of amides is 2. The standard InChI is InChI=1S/C28H27N7O4/c1-2-22(37)34-12-6-9-18(14-34)35-28-23(27(29)30-15-31-28)24(33-35)19-10-11-20(26-25(19)38-16-39-26)32-21(36)13-17-7-4-3-5-8-17/h2-5,7-8,10-11,15,18H,1,6,9,12-14,16H2,(H,32,36)(H2,29,30,31)/t18-/m1/s1. The molecule has 2 aromatic heterocycles. The van der Waals surface area contributed by atoms with Crippen molar-refractivity contribution >= 4 is 34.4 Å². The first-order chi connectivity index (χ1) is 19.0. The van der Waals surface area contributed by atoms with Gasteiger partial charge < -0.3 is 25.4 Å². The summed E-state index contributed by atoms with van der Waals surface area (Å²) in [6.07, 6.45) is 4.62. The van der Waals surface area contributed by atoms with Crippen molar-refractivity contribution in [3.63, 3.8) is 0 Å². The third kappa shape index (κ3) is 4.52. The minimum absolute atomic E-state index is 0.000223. The lowest BCUT2D eigenvalue weighted by atomic mass is 10.1. The Morgan fingerprint density at radius 1 is 1.13 bits per heavy atom. The largest absolute Gasteiger partial charge is 0.453 e. The molecule has 11 nitrogen and oxygen atoms in total. The molecule has 0 radical (unpaired) electrons. The Hall–Kier alpha value is -4.93. The summed E-state index contributed by atoms with van der Waals surface area (Å²) in [5, 5.41) is 8.45. The summed E-state index contributed by atoms with van der Waals surface area (Å²) in [7, 11) is 0. The minimum Gasteiger partial charge on any atom is -0.453 e. The Kier molecular flexibility index (Phi) is 6.31. The number of aromatic nitrogens is 4. The molecule has 1 atom stereocenters. The van der Waals surface area contributed by atoms with Crippen molar-refractivity contribution in [1.29, 1.82) is 0 Å². The predicted molar refractivity (Wildman–Crippen MR) is 145 cm³/mol. The monoisotopic (exact) mass is 525 g/mol. The van der Waals surface area contributed by atoms with Crippen molar-refractivity contribution in [2.45, 2.75) is 25.3 Å². The first kappa shape index (κ1) is 24.4. The van der Waals surface area contributed by atoms with E-state index in [1.165, 1.54) is 12.4 Å². The molecule has 1 fully saturated rings. The van der Waals surface area contributed by atoms with Crippen LogP contribution in [0, 0.1) is 0 Å². The lowest BCUT2D eigenvalue weighted by Gasteiger charge is -2.32. The van der Waals surface area contributed by atoms with Gasteiger partial charge in [0.1, 0.15) is 17.8 Å². The zero-order chi connectivity index (χ0) is 26.9. The molecule has 0 unspecified atom stereocenters. The molecular formula is C28H27N7O4.